The van der Waals surface area contributed by atoms with Gasteiger partial charge in [0.1, 0.15) is 5.56 Å². The van der Waals surface area contributed by atoms with Crippen LogP contribution in [-0.4, -0.2) is 17.4 Å². The highest BCUT2D eigenvalue weighted by molar-refractivity contribution is 5.93. The molecule has 94 valence electrons. The first-order chi connectivity index (χ1) is 8.00. The van der Waals surface area contributed by atoms with E-state index < -0.39 is 0 Å². The summed E-state index contributed by atoms with van der Waals surface area (Å²) < 4.78 is 0. The van der Waals surface area contributed by atoms with E-state index in [0.29, 0.717) is 12.5 Å². The van der Waals surface area contributed by atoms with Crippen LogP contribution >= 0.6 is 0 Å². The summed E-state index contributed by atoms with van der Waals surface area (Å²) in [4.78, 5) is 26.1. The molecule has 1 heterocycles. The minimum Gasteiger partial charge on any atom is -0.364 e. The van der Waals surface area contributed by atoms with Gasteiger partial charge in [0.2, 0.25) is 0 Å². The summed E-state index contributed by atoms with van der Waals surface area (Å²) in [7, 11) is 0. The third-order valence-electron chi connectivity index (χ3n) is 2.55. The van der Waals surface area contributed by atoms with Crippen LogP contribution in [0.25, 0.3) is 0 Å². The highest BCUT2D eigenvalue weighted by Gasteiger charge is 2.09. The van der Waals surface area contributed by atoms with Gasteiger partial charge in [0.25, 0.3) is 5.91 Å². The first kappa shape index (κ1) is 13.5. The molecule has 0 aliphatic heterocycles. The van der Waals surface area contributed by atoms with Gasteiger partial charge >= 0.3 is 0 Å². The van der Waals surface area contributed by atoms with E-state index >= 15 is 0 Å². The van der Waals surface area contributed by atoms with Gasteiger partial charge in [0, 0.05) is 24.5 Å². The lowest BCUT2D eigenvalue weighted by Crippen LogP contribution is -2.29. The smallest absolute Gasteiger partial charge is 0.256 e. The van der Waals surface area contributed by atoms with Gasteiger partial charge in [-0.1, -0.05) is 13.8 Å². The third kappa shape index (κ3) is 4.43. The Morgan fingerprint density at radius 2 is 2.18 bits per heavy atom. The minimum atomic E-state index is -0.296. The molecule has 1 aromatic rings. The van der Waals surface area contributed by atoms with Crippen molar-refractivity contribution in [3.8, 4) is 0 Å². The SMILES string of the molecule is Cc1cc(=O)c(C(=O)NCCCC(C)C)c[nH]1. The number of nitrogens with one attached hydrogen (secondary N) is 2. The average Bonchev–Trinajstić information content (AvgIpc) is 2.23. The number of carbonyl (C=O) groups excluding carboxylic acids is 1. The Morgan fingerprint density at radius 3 is 2.76 bits per heavy atom. The van der Waals surface area contributed by atoms with E-state index in [1.807, 2.05) is 0 Å². The Bertz CT molecular complexity index is 435. The van der Waals surface area contributed by atoms with Gasteiger partial charge in [0.05, 0.1) is 0 Å². The molecular formula is C13H20N2O2. The van der Waals surface area contributed by atoms with Crippen LogP contribution in [-0.2, 0) is 0 Å². The van der Waals surface area contributed by atoms with Crippen molar-refractivity contribution >= 4 is 5.91 Å². The molecule has 1 aromatic heterocycles. The van der Waals surface area contributed by atoms with Crippen molar-refractivity contribution in [2.45, 2.75) is 33.6 Å². The molecule has 0 radical (unpaired) electrons. The van der Waals surface area contributed by atoms with Crippen molar-refractivity contribution in [3.05, 3.63) is 33.7 Å². The van der Waals surface area contributed by atoms with E-state index in [1.165, 1.54) is 12.3 Å². The highest BCUT2D eigenvalue weighted by atomic mass is 16.2. The van der Waals surface area contributed by atoms with Crippen LogP contribution in [0.3, 0.4) is 0 Å². The molecule has 0 unspecified atom stereocenters. The van der Waals surface area contributed by atoms with Crippen LogP contribution < -0.4 is 10.7 Å². The summed E-state index contributed by atoms with van der Waals surface area (Å²) >= 11 is 0. The Balaban J connectivity index is 2.50. The highest BCUT2D eigenvalue weighted by Crippen LogP contribution is 2.02. The summed E-state index contributed by atoms with van der Waals surface area (Å²) in [5, 5.41) is 2.76. The van der Waals surface area contributed by atoms with E-state index in [9.17, 15) is 9.59 Å². The number of aromatic amines is 1. The first-order valence-electron chi connectivity index (χ1n) is 5.98. The van der Waals surface area contributed by atoms with Crippen molar-refractivity contribution in [2.75, 3.05) is 6.54 Å². The lowest BCUT2D eigenvalue weighted by atomic mass is 10.1. The maximum Gasteiger partial charge on any atom is 0.256 e. The quantitative estimate of drug-likeness (QED) is 0.766. The van der Waals surface area contributed by atoms with Gasteiger partial charge in [-0.3, -0.25) is 9.59 Å². The van der Waals surface area contributed by atoms with Gasteiger partial charge in [-0.25, -0.2) is 0 Å². The summed E-state index contributed by atoms with van der Waals surface area (Å²) in [5.41, 5.74) is 0.703. The molecule has 4 heteroatoms. The molecule has 0 aliphatic carbocycles. The summed E-state index contributed by atoms with van der Waals surface area (Å²) in [6.07, 6.45) is 3.48. The lowest BCUT2D eigenvalue weighted by molar-refractivity contribution is 0.0951. The van der Waals surface area contributed by atoms with Crippen LogP contribution in [0.4, 0.5) is 0 Å². The Morgan fingerprint density at radius 1 is 1.47 bits per heavy atom. The molecule has 17 heavy (non-hydrogen) atoms. The van der Waals surface area contributed by atoms with Gasteiger partial charge in [-0.05, 0) is 25.7 Å². The average molecular weight is 236 g/mol. The topological polar surface area (TPSA) is 62.0 Å². The third-order valence-corrected chi connectivity index (χ3v) is 2.55. The first-order valence-corrected chi connectivity index (χ1v) is 5.98. The zero-order valence-corrected chi connectivity index (χ0v) is 10.7. The number of hydrogen-bond acceptors (Lipinski definition) is 2. The maximum absolute atomic E-state index is 11.7. The number of aromatic nitrogens is 1. The van der Waals surface area contributed by atoms with Gasteiger partial charge in [-0.2, -0.15) is 0 Å². The fourth-order valence-electron chi connectivity index (χ4n) is 1.56. The molecule has 0 aliphatic rings. The largest absolute Gasteiger partial charge is 0.364 e. The van der Waals surface area contributed by atoms with Crippen molar-refractivity contribution < 1.29 is 4.79 Å². The molecular weight excluding hydrogens is 216 g/mol. The van der Waals surface area contributed by atoms with Gasteiger partial charge in [-0.15, -0.1) is 0 Å². The molecule has 0 saturated heterocycles. The second kappa shape index (κ2) is 6.23. The van der Waals surface area contributed by atoms with E-state index in [-0.39, 0.29) is 16.9 Å². The number of amides is 1. The summed E-state index contributed by atoms with van der Waals surface area (Å²) in [5.74, 6) is 0.338. The van der Waals surface area contributed by atoms with Crippen molar-refractivity contribution in [3.63, 3.8) is 0 Å². The molecule has 0 saturated carbocycles. The molecule has 0 bridgehead atoms. The number of rotatable bonds is 5. The fraction of sp³-hybridized carbons (Fsp3) is 0.538. The minimum absolute atomic E-state index is 0.181. The number of aryl methyl sites for hydroxylation is 1. The zero-order chi connectivity index (χ0) is 12.8. The monoisotopic (exact) mass is 236 g/mol. The van der Waals surface area contributed by atoms with Crippen LogP contribution in [0.2, 0.25) is 0 Å². The number of hydrogen-bond donors (Lipinski definition) is 2. The Labute approximate surface area is 101 Å². The molecule has 0 atom stereocenters. The van der Waals surface area contributed by atoms with Crippen LogP contribution in [0, 0.1) is 12.8 Å². The predicted octanol–water partition coefficient (Wildman–Crippen LogP) is 1.85. The Kier molecular flexibility index (Phi) is 4.94. The van der Waals surface area contributed by atoms with Crippen LogP contribution in [0.1, 0.15) is 42.7 Å². The van der Waals surface area contributed by atoms with Crippen molar-refractivity contribution in [1.82, 2.24) is 10.3 Å². The number of pyridine rings is 1. The van der Waals surface area contributed by atoms with E-state index in [1.54, 1.807) is 6.92 Å². The Hall–Kier alpha value is -1.58. The van der Waals surface area contributed by atoms with E-state index in [0.717, 1.165) is 18.5 Å². The molecule has 1 rings (SSSR count). The predicted molar refractivity (Wildman–Crippen MR) is 68.2 cm³/mol. The van der Waals surface area contributed by atoms with Crippen LogP contribution in [0.5, 0.6) is 0 Å². The zero-order valence-electron chi connectivity index (χ0n) is 10.7. The maximum atomic E-state index is 11.7. The van der Waals surface area contributed by atoms with Crippen molar-refractivity contribution in [2.24, 2.45) is 5.92 Å². The molecule has 1 amide bonds. The van der Waals surface area contributed by atoms with Crippen LogP contribution in [0.15, 0.2) is 17.1 Å². The number of H-pyrrole nitrogens is 1. The normalized spacial score (nSPS) is 10.6. The van der Waals surface area contributed by atoms with Gasteiger partial charge in [0.15, 0.2) is 5.43 Å². The standard InChI is InChI=1S/C13H20N2O2/c1-9(2)5-4-6-14-13(17)11-8-15-10(3)7-12(11)16/h7-9H,4-6H2,1-3H3,(H,14,17)(H,15,16). The number of carbonyl (C=O) groups is 1. The second-order valence-electron chi connectivity index (χ2n) is 4.69. The molecule has 0 fully saturated rings. The molecule has 2 N–H and O–H groups in total. The molecule has 0 spiro atoms. The fourth-order valence-corrected chi connectivity index (χ4v) is 1.56. The molecule has 0 aromatic carbocycles. The lowest BCUT2D eigenvalue weighted by Gasteiger charge is -2.06. The van der Waals surface area contributed by atoms with Crippen molar-refractivity contribution in [1.29, 1.82) is 0 Å². The second-order valence-corrected chi connectivity index (χ2v) is 4.69. The molecule has 4 nitrogen and oxygen atoms in total. The summed E-state index contributed by atoms with van der Waals surface area (Å²) in [6.45, 7) is 6.69. The van der Waals surface area contributed by atoms with Gasteiger partial charge < -0.3 is 10.3 Å². The van der Waals surface area contributed by atoms with E-state index in [2.05, 4.69) is 24.1 Å². The van der Waals surface area contributed by atoms with E-state index in [4.69, 9.17) is 0 Å². The summed E-state index contributed by atoms with van der Waals surface area (Å²) in [6, 6.07) is 1.43.